The maximum absolute atomic E-state index is 11.5. The van der Waals surface area contributed by atoms with E-state index in [4.69, 9.17) is 10.7 Å². The highest BCUT2D eigenvalue weighted by molar-refractivity contribution is 8.13. The van der Waals surface area contributed by atoms with Crippen LogP contribution in [0.3, 0.4) is 0 Å². The first-order chi connectivity index (χ1) is 7.80. The van der Waals surface area contributed by atoms with Gasteiger partial charge in [0.15, 0.2) is 0 Å². The molecule has 0 aliphatic carbocycles. The van der Waals surface area contributed by atoms with Crippen molar-refractivity contribution in [2.24, 2.45) is 0 Å². The summed E-state index contributed by atoms with van der Waals surface area (Å²) in [6.45, 7) is 3.42. The number of fused-ring (bicyclic) bond motifs is 1. The van der Waals surface area contributed by atoms with Gasteiger partial charge in [0.25, 0.3) is 9.05 Å². The summed E-state index contributed by atoms with van der Waals surface area (Å²) in [6.07, 6.45) is 0.648. The zero-order chi connectivity index (χ0) is 12.8. The van der Waals surface area contributed by atoms with E-state index in [0.717, 1.165) is 11.3 Å². The summed E-state index contributed by atoms with van der Waals surface area (Å²) in [5.74, 6) is -0.0438. The largest absolute Gasteiger partial charge is 0.309 e. The Labute approximate surface area is 105 Å². The maximum atomic E-state index is 11.5. The van der Waals surface area contributed by atoms with Crippen molar-refractivity contribution in [2.75, 3.05) is 4.90 Å². The van der Waals surface area contributed by atoms with Gasteiger partial charge in [-0.15, -0.1) is 0 Å². The van der Waals surface area contributed by atoms with Crippen LogP contribution in [0.1, 0.15) is 19.4 Å². The van der Waals surface area contributed by atoms with Crippen LogP contribution >= 0.6 is 10.7 Å². The van der Waals surface area contributed by atoms with E-state index < -0.39 is 9.05 Å². The average molecular weight is 274 g/mol. The van der Waals surface area contributed by atoms with Crippen LogP contribution in [0.2, 0.25) is 0 Å². The molecule has 1 aliphatic heterocycles. The lowest BCUT2D eigenvalue weighted by Crippen LogP contribution is -2.33. The Balaban J connectivity index is 2.52. The topological polar surface area (TPSA) is 54.5 Å². The standard InChI is InChI=1S/C11H12ClNO3S/c1-7-5-9-6-10(17(12,15)16)3-4-11(9)13(7)8(2)14/h3-4,6-7H,5H2,1-2H3/t7-/m1/s1. The van der Waals surface area contributed by atoms with Crippen LogP contribution in [0.5, 0.6) is 0 Å². The van der Waals surface area contributed by atoms with Crippen molar-refractivity contribution in [3.63, 3.8) is 0 Å². The molecule has 1 heterocycles. The molecular weight excluding hydrogens is 262 g/mol. The maximum Gasteiger partial charge on any atom is 0.261 e. The molecule has 0 radical (unpaired) electrons. The van der Waals surface area contributed by atoms with E-state index in [1.165, 1.54) is 19.1 Å². The molecule has 1 amide bonds. The lowest BCUT2D eigenvalue weighted by molar-refractivity contribution is -0.116. The van der Waals surface area contributed by atoms with Crippen molar-refractivity contribution in [2.45, 2.75) is 31.2 Å². The molecule has 0 spiro atoms. The third kappa shape index (κ3) is 2.17. The van der Waals surface area contributed by atoms with Gasteiger partial charge in [-0.2, -0.15) is 0 Å². The molecule has 2 rings (SSSR count). The fourth-order valence-electron chi connectivity index (χ4n) is 2.24. The normalized spacial score (nSPS) is 19.2. The molecule has 0 bridgehead atoms. The number of hydrogen-bond donors (Lipinski definition) is 0. The van der Waals surface area contributed by atoms with E-state index in [-0.39, 0.29) is 16.8 Å². The minimum atomic E-state index is -3.71. The van der Waals surface area contributed by atoms with Crippen LogP contribution < -0.4 is 4.90 Å². The third-order valence-electron chi connectivity index (χ3n) is 2.89. The minimum Gasteiger partial charge on any atom is -0.309 e. The van der Waals surface area contributed by atoms with Crippen LogP contribution in [0, 0.1) is 0 Å². The van der Waals surface area contributed by atoms with E-state index in [2.05, 4.69) is 0 Å². The number of hydrogen-bond acceptors (Lipinski definition) is 3. The predicted octanol–water partition coefficient (Wildman–Crippen LogP) is 1.91. The van der Waals surface area contributed by atoms with Crippen molar-refractivity contribution in [3.8, 4) is 0 Å². The van der Waals surface area contributed by atoms with E-state index in [0.29, 0.717) is 6.42 Å². The molecule has 0 unspecified atom stereocenters. The summed E-state index contributed by atoms with van der Waals surface area (Å²) in [6, 6.07) is 4.65. The van der Waals surface area contributed by atoms with Crippen molar-refractivity contribution < 1.29 is 13.2 Å². The molecule has 1 aliphatic rings. The van der Waals surface area contributed by atoms with Gasteiger partial charge in [0, 0.05) is 29.3 Å². The van der Waals surface area contributed by atoms with Crippen LogP contribution in [0.4, 0.5) is 5.69 Å². The monoisotopic (exact) mass is 273 g/mol. The number of benzene rings is 1. The number of halogens is 1. The first kappa shape index (κ1) is 12.4. The van der Waals surface area contributed by atoms with E-state index in [1.807, 2.05) is 6.92 Å². The molecule has 0 saturated heterocycles. The second-order valence-corrected chi connectivity index (χ2v) is 6.74. The van der Waals surface area contributed by atoms with Crippen molar-refractivity contribution >= 4 is 31.3 Å². The highest BCUT2D eigenvalue weighted by Crippen LogP contribution is 2.34. The number of rotatable bonds is 1. The second-order valence-electron chi connectivity index (χ2n) is 4.17. The van der Waals surface area contributed by atoms with Crippen LogP contribution in [-0.2, 0) is 20.3 Å². The van der Waals surface area contributed by atoms with Gasteiger partial charge in [0.1, 0.15) is 0 Å². The molecular formula is C11H12ClNO3S. The molecule has 1 aromatic carbocycles. The van der Waals surface area contributed by atoms with Gasteiger partial charge >= 0.3 is 0 Å². The Hall–Kier alpha value is -1.07. The Bertz CT molecular complexity index is 582. The molecule has 92 valence electrons. The number of anilines is 1. The molecule has 17 heavy (non-hydrogen) atoms. The van der Waals surface area contributed by atoms with Crippen LogP contribution in [0.15, 0.2) is 23.1 Å². The number of carbonyl (C=O) groups excluding carboxylic acids is 1. The van der Waals surface area contributed by atoms with Gasteiger partial charge in [-0.1, -0.05) is 0 Å². The Morgan fingerprint density at radius 2 is 2.12 bits per heavy atom. The zero-order valence-electron chi connectivity index (χ0n) is 9.47. The first-order valence-electron chi connectivity index (χ1n) is 5.18. The van der Waals surface area contributed by atoms with Gasteiger partial charge in [-0.3, -0.25) is 4.79 Å². The lowest BCUT2D eigenvalue weighted by atomic mass is 10.1. The Morgan fingerprint density at radius 1 is 1.47 bits per heavy atom. The first-order valence-corrected chi connectivity index (χ1v) is 7.49. The van der Waals surface area contributed by atoms with E-state index in [1.54, 1.807) is 11.0 Å². The fraction of sp³-hybridized carbons (Fsp3) is 0.364. The van der Waals surface area contributed by atoms with Gasteiger partial charge in [0.05, 0.1) is 4.90 Å². The van der Waals surface area contributed by atoms with Gasteiger partial charge in [-0.05, 0) is 37.1 Å². The van der Waals surface area contributed by atoms with Crippen molar-refractivity contribution in [3.05, 3.63) is 23.8 Å². The molecule has 4 nitrogen and oxygen atoms in total. The third-order valence-corrected chi connectivity index (χ3v) is 4.24. The van der Waals surface area contributed by atoms with Gasteiger partial charge in [-0.25, -0.2) is 8.42 Å². The summed E-state index contributed by atoms with van der Waals surface area (Å²) in [5.41, 5.74) is 1.61. The second kappa shape index (κ2) is 3.99. The molecule has 6 heteroatoms. The highest BCUT2D eigenvalue weighted by Gasteiger charge is 2.29. The van der Waals surface area contributed by atoms with Gasteiger partial charge in [0.2, 0.25) is 5.91 Å². The molecule has 0 aromatic heterocycles. The minimum absolute atomic E-state index is 0.0438. The molecule has 1 aromatic rings. The zero-order valence-corrected chi connectivity index (χ0v) is 11.0. The lowest BCUT2D eigenvalue weighted by Gasteiger charge is -2.20. The smallest absolute Gasteiger partial charge is 0.261 e. The van der Waals surface area contributed by atoms with Gasteiger partial charge < -0.3 is 4.90 Å². The molecule has 0 fully saturated rings. The predicted molar refractivity (Wildman–Crippen MR) is 65.8 cm³/mol. The highest BCUT2D eigenvalue weighted by atomic mass is 35.7. The summed E-state index contributed by atoms with van der Waals surface area (Å²) < 4.78 is 22.4. The van der Waals surface area contributed by atoms with E-state index >= 15 is 0 Å². The summed E-state index contributed by atoms with van der Waals surface area (Å²) in [4.78, 5) is 13.2. The molecule has 1 atom stereocenters. The summed E-state index contributed by atoms with van der Waals surface area (Å²) in [5, 5.41) is 0. The molecule has 0 saturated carbocycles. The number of amides is 1. The fourth-order valence-corrected chi connectivity index (χ4v) is 3.04. The summed E-state index contributed by atoms with van der Waals surface area (Å²) >= 11 is 0. The van der Waals surface area contributed by atoms with Crippen molar-refractivity contribution in [1.29, 1.82) is 0 Å². The van der Waals surface area contributed by atoms with Crippen LogP contribution in [-0.4, -0.2) is 20.4 Å². The van der Waals surface area contributed by atoms with E-state index in [9.17, 15) is 13.2 Å². The number of carbonyl (C=O) groups is 1. The van der Waals surface area contributed by atoms with Crippen molar-refractivity contribution in [1.82, 2.24) is 0 Å². The Morgan fingerprint density at radius 3 is 2.65 bits per heavy atom. The average Bonchev–Trinajstić information content (AvgIpc) is 2.50. The quantitative estimate of drug-likeness (QED) is 0.735. The van der Waals surface area contributed by atoms with Crippen LogP contribution in [0.25, 0.3) is 0 Å². The SMILES string of the molecule is CC(=O)N1c2ccc(S(=O)(=O)Cl)cc2C[C@H]1C. The summed E-state index contributed by atoms with van der Waals surface area (Å²) in [7, 11) is 1.58. The molecule has 0 N–H and O–H groups in total. The number of nitrogens with zero attached hydrogens (tertiary/aromatic N) is 1. The Kier molecular flexibility index (Phi) is 2.91.